The van der Waals surface area contributed by atoms with Gasteiger partial charge in [-0.3, -0.25) is 4.79 Å². The number of nitrogens with zero attached hydrogens (tertiary/aromatic N) is 2. The van der Waals surface area contributed by atoms with E-state index >= 15 is 0 Å². The standard InChI is InChI=1S/C22H24ClN3O2/c1-3-15(2)20(24-19(27)14-9-16-7-5-4-6-8-16)22-25-21(26-28-22)17-10-12-18(23)13-11-17/h4-8,10-13,15,20H,3,9,14H2,1-2H3,(H,24,27)/t15-,20+/m0/s1. The Hall–Kier alpha value is -2.66. The Labute approximate surface area is 170 Å². The highest BCUT2D eigenvalue weighted by atomic mass is 35.5. The molecular formula is C22H24ClN3O2. The fourth-order valence-electron chi connectivity index (χ4n) is 2.91. The van der Waals surface area contributed by atoms with Gasteiger partial charge in [-0.2, -0.15) is 4.98 Å². The van der Waals surface area contributed by atoms with Crippen LogP contribution in [0.3, 0.4) is 0 Å². The van der Waals surface area contributed by atoms with Crippen LogP contribution in [0.15, 0.2) is 59.1 Å². The first-order valence-electron chi connectivity index (χ1n) is 9.49. The average molecular weight is 398 g/mol. The first kappa shape index (κ1) is 20.1. The summed E-state index contributed by atoms with van der Waals surface area (Å²) in [6.07, 6.45) is 1.98. The molecule has 1 N–H and O–H groups in total. The SMILES string of the molecule is CC[C@H](C)[C@@H](NC(=O)CCc1ccccc1)c1nc(-c2ccc(Cl)cc2)no1. The van der Waals surface area contributed by atoms with E-state index in [0.29, 0.717) is 29.6 Å². The number of aryl methyl sites for hydroxylation is 1. The first-order chi connectivity index (χ1) is 13.6. The summed E-state index contributed by atoms with van der Waals surface area (Å²) >= 11 is 5.93. The van der Waals surface area contributed by atoms with Gasteiger partial charge in [0, 0.05) is 17.0 Å². The Kier molecular flexibility index (Phi) is 6.82. The summed E-state index contributed by atoms with van der Waals surface area (Å²) < 4.78 is 5.49. The number of halogens is 1. The molecule has 2 aromatic carbocycles. The van der Waals surface area contributed by atoms with Gasteiger partial charge in [-0.25, -0.2) is 0 Å². The lowest BCUT2D eigenvalue weighted by molar-refractivity contribution is -0.122. The Balaban J connectivity index is 1.70. The molecule has 0 saturated heterocycles. The molecule has 6 heteroatoms. The van der Waals surface area contributed by atoms with Crippen molar-refractivity contribution in [2.75, 3.05) is 0 Å². The summed E-state index contributed by atoms with van der Waals surface area (Å²) in [5.74, 6) is 1.05. The minimum absolute atomic E-state index is 0.0274. The molecule has 0 aliphatic heterocycles. The predicted octanol–water partition coefficient (Wildman–Crippen LogP) is 5.23. The van der Waals surface area contributed by atoms with Gasteiger partial charge in [0.25, 0.3) is 0 Å². The second kappa shape index (κ2) is 9.51. The summed E-state index contributed by atoms with van der Waals surface area (Å²) in [5.41, 5.74) is 1.96. The monoisotopic (exact) mass is 397 g/mol. The lowest BCUT2D eigenvalue weighted by Gasteiger charge is -2.20. The summed E-state index contributed by atoms with van der Waals surface area (Å²) in [5, 5.41) is 7.79. The van der Waals surface area contributed by atoms with Crippen molar-refractivity contribution >= 4 is 17.5 Å². The molecule has 0 bridgehead atoms. The zero-order valence-corrected chi connectivity index (χ0v) is 16.8. The van der Waals surface area contributed by atoms with Crippen LogP contribution in [0.25, 0.3) is 11.4 Å². The van der Waals surface area contributed by atoms with E-state index in [-0.39, 0.29) is 17.9 Å². The maximum atomic E-state index is 12.5. The van der Waals surface area contributed by atoms with Crippen LogP contribution in [0.5, 0.6) is 0 Å². The molecule has 3 aromatic rings. The highest BCUT2D eigenvalue weighted by Crippen LogP contribution is 2.26. The molecule has 0 saturated carbocycles. The molecular weight excluding hydrogens is 374 g/mol. The van der Waals surface area contributed by atoms with Crippen LogP contribution in [0, 0.1) is 5.92 Å². The minimum Gasteiger partial charge on any atom is -0.344 e. The predicted molar refractivity (Wildman–Crippen MR) is 110 cm³/mol. The maximum absolute atomic E-state index is 12.5. The highest BCUT2D eigenvalue weighted by molar-refractivity contribution is 6.30. The van der Waals surface area contributed by atoms with E-state index in [1.807, 2.05) is 42.5 Å². The van der Waals surface area contributed by atoms with Crippen molar-refractivity contribution in [3.05, 3.63) is 71.1 Å². The van der Waals surface area contributed by atoms with Crippen molar-refractivity contribution in [3.8, 4) is 11.4 Å². The Morgan fingerprint density at radius 3 is 2.54 bits per heavy atom. The summed E-state index contributed by atoms with van der Waals surface area (Å²) in [6.45, 7) is 4.14. The number of benzene rings is 2. The number of nitrogens with one attached hydrogen (secondary N) is 1. The van der Waals surface area contributed by atoms with E-state index in [1.165, 1.54) is 0 Å². The van der Waals surface area contributed by atoms with Gasteiger partial charge in [0.1, 0.15) is 6.04 Å². The molecule has 0 aliphatic rings. The Bertz CT molecular complexity index is 894. The molecule has 0 unspecified atom stereocenters. The van der Waals surface area contributed by atoms with Crippen LogP contribution in [0.4, 0.5) is 0 Å². The van der Waals surface area contributed by atoms with E-state index < -0.39 is 0 Å². The fraction of sp³-hybridized carbons (Fsp3) is 0.318. The van der Waals surface area contributed by atoms with Crippen LogP contribution < -0.4 is 5.32 Å². The van der Waals surface area contributed by atoms with E-state index in [1.54, 1.807) is 12.1 Å². The first-order valence-corrected chi connectivity index (χ1v) is 9.87. The minimum atomic E-state index is -0.318. The number of hydrogen-bond acceptors (Lipinski definition) is 4. The molecule has 28 heavy (non-hydrogen) atoms. The molecule has 1 amide bonds. The number of aromatic nitrogens is 2. The van der Waals surface area contributed by atoms with E-state index in [2.05, 4.69) is 29.3 Å². The molecule has 0 spiro atoms. The lowest BCUT2D eigenvalue weighted by Crippen LogP contribution is -2.32. The van der Waals surface area contributed by atoms with Crippen molar-refractivity contribution in [1.29, 1.82) is 0 Å². The molecule has 5 nitrogen and oxygen atoms in total. The quantitative estimate of drug-likeness (QED) is 0.565. The van der Waals surface area contributed by atoms with Gasteiger partial charge in [-0.05, 0) is 42.2 Å². The van der Waals surface area contributed by atoms with Crippen molar-refractivity contribution in [2.24, 2.45) is 5.92 Å². The number of hydrogen-bond donors (Lipinski definition) is 1. The highest BCUT2D eigenvalue weighted by Gasteiger charge is 2.26. The second-order valence-electron chi connectivity index (χ2n) is 6.88. The Morgan fingerprint density at radius 2 is 1.86 bits per heavy atom. The van der Waals surface area contributed by atoms with E-state index in [9.17, 15) is 4.79 Å². The van der Waals surface area contributed by atoms with Gasteiger partial charge in [0.2, 0.25) is 17.6 Å². The van der Waals surface area contributed by atoms with Gasteiger partial charge in [-0.15, -0.1) is 0 Å². The summed E-state index contributed by atoms with van der Waals surface area (Å²) in [6, 6.07) is 16.9. The van der Waals surface area contributed by atoms with Gasteiger partial charge in [-0.1, -0.05) is 67.4 Å². The second-order valence-corrected chi connectivity index (χ2v) is 7.32. The molecule has 0 fully saturated rings. The largest absolute Gasteiger partial charge is 0.344 e. The lowest BCUT2D eigenvalue weighted by atomic mass is 9.98. The molecule has 1 aromatic heterocycles. The van der Waals surface area contributed by atoms with Crippen molar-refractivity contribution in [2.45, 2.75) is 39.2 Å². The van der Waals surface area contributed by atoms with Crippen LogP contribution in [0.1, 0.15) is 44.2 Å². The van der Waals surface area contributed by atoms with Crippen LogP contribution in [0.2, 0.25) is 5.02 Å². The molecule has 1 heterocycles. The zero-order chi connectivity index (χ0) is 19.9. The van der Waals surface area contributed by atoms with Crippen molar-refractivity contribution < 1.29 is 9.32 Å². The average Bonchev–Trinajstić information content (AvgIpc) is 3.21. The zero-order valence-electron chi connectivity index (χ0n) is 16.1. The van der Waals surface area contributed by atoms with Crippen LogP contribution >= 0.6 is 11.6 Å². The van der Waals surface area contributed by atoms with Crippen LogP contribution in [-0.2, 0) is 11.2 Å². The number of carbonyl (C=O) groups excluding carboxylic acids is 1. The van der Waals surface area contributed by atoms with Crippen LogP contribution in [-0.4, -0.2) is 16.0 Å². The van der Waals surface area contributed by atoms with Crippen molar-refractivity contribution in [1.82, 2.24) is 15.5 Å². The number of carbonyl (C=O) groups is 1. The number of amides is 1. The summed E-state index contributed by atoms with van der Waals surface area (Å²) in [7, 11) is 0. The number of rotatable bonds is 8. The van der Waals surface area contributed by atoms with Gasteiger partial charge in [0.15, 0.2) is 0 Å². The normalized spacial score (nSPS) is 13.1. The molecule has 2 atom stereocenters. The molecule has 3 rings (SSSR count). The Morgan fingerprint density at radius 1 is 1.14 bits per heavy atom. The third-order valence-electron chi connectivity index (χ3n) is 4.82. The summed E-state index contributed by atoms with van der Waals surface area (Å²) in [4.78, 5) is 17.0. The van der Waals surface area contributed by atoms with Crippen molar-refractivity contribution in [3.63, 3.8) is 0 Å². The maximum Gasteiger partial charge on any atom is 0.249 e. The van der Waals surface area contributed by atoms with Gasteiger partial charge < -0.3 is 9.84 Å². The van der Waals surface area contributed by atoms with Gasteiger partial charge >= 0.3 is 0 Å². The molecule has 0 radical (unpaired) electrons. The molecule has 146 valence electrons. The smallest absolute Gasteiger partial charge is 0.249 e. The third-order valence-corrected chi connectivity index (χ3v) is 5.08. The van der Waals surface area contributed by atoms with Gasteiger partial charge in [0.05, 0.1) is 0 Å². The van der Waals surface area contributed by atoms with E-state index in [0.717, 1.165) is 17.5 Å². The third kappa shape index (κ3) is 5.20. The van der Waals surface area contributed by atoms with E-state index in [4.69, 9.17) is 16.1 Å². The molecule has 0 aliphatic carbocycles. The fourth-order valence-corrected chi connectivity index (χ4v) is 3.03. The topological polar surface area (TPSA) is 68.0 Å².